The number of aldehydes is 1. The van der Waals surface area contributed by atoms with Crippen LogP contribution in [-0.4, -0.2) is 6.29 Å². The average Bonchev–Trinajstić information content (AvgIpc) is 2.16. The molecule has 0 heterocycles. The third-order valence-electron chi connectivity index (χ3n) is 3.94. The zero-order chi connectivity index (χ0) is 12.2. The van der Waals surface area contributed by atoms with Crippen molar-refractivity contribution >= 4 is 6.29 Å². The highest BCUT2D eigenvalue weighted by molar-refractivity contribution is 5.65. The lowest BCUT2D eigenvalue weighted by Gasteiger charge is -2.40. The molecule has 0 aromatic heterocycles. The SMILES string of the molecule is C=C1CCCC(C)(C)C1CC/C(C)=C\C=O. The minimum atomic E-state index is 0.386. The van der Waals surface area contributed by atoms with Crippen molar-refractivity contribution in [3.63, 3.8) is 0 Å². The maximum absolute atomic E-state index is 10.4. The van der Waals surface area contributed by atoms with Crippen molar-refractivity contribution in [1.29, 1.82) is 0 Å². The van der Waals surface area contributed by atoms with Gasteiger partial charge in [0.25, 0.3) is 0 Å². The van der Waals surface area contributed by atoms with E-state index in [0.29, 0.717) is 11.3 Å². The molecule has 1 heteroatoms. The molecule has 90 valence electrons. The number of hydrogen-bond donors (Lipinski definition) is 0. The fraction of sp³-hybridized carbons (Fsp3) is 0.667. The van der Waals surface area contributed by atoms with Gasteiger partial charge < -0.3 is 0 Å². The summed E-state index contributed by atoms with van der Waals surface area (Å²) in [6.45, 7) is 11.0. The molecule has 1 rings (SSSR count). The molecule has 0 saturated heterocycles. The monoisotopic (exact) mass is 220 g/mol. The summed E-state index contributed by atoms with van der Waals surface area (Å²) in [7, 11) is 0. The zero-order valence-electron chi connectivity index (χ0n) is 10.9. The first kappa shape index (κ1) is 13.2. The molecule has 16 heavy (non-hydrogen) atoms. The lowest BCUT2D eigenvalue weighted by atomic mass is 9.65. The van der Waals surface area contributed by atoms with E-state index in [1.54, 1.807) is 6.08 Å². The Balaban J connectivity index is 2.59. The van der Waals surface area contributed by atoms with Crippen molar-refractivity contribution in [3.8, 4) is 0 Å². The highest BCUT2D eigenvalue weighted by atomic mass is 16.1. The number of carbonyl (C=O) groups is 1. The van der Waals surface area contributed by atoms with Crippen LogP contribution in [0.2, 0.25) is 0 Å². The average molecular weight is 220 g/mol. The first-order valence-corrected chi connectivity index (χ1v) is 6.26. The summed E-state index contributed by atoms with van der Waals surface area (Å²) in [4.78, 5) is 10.4. The summed E-state index contributed by atoms with van der Waals surface area (Å²) >= 11 is 0. The van der Waals surface area contributed by atoms with E-state index in [2.05, 4.69) is 20.4 Å². The molecule has 1 unspecified atom stereocenters. The van der Waals surface area contributed by atoms with Crippen molar-refractivity contribution in [1.82, 2.24) is 0 Å². The maximum atomic E-state index is 10.4. The van der Waals surface area contributed by atoms with E-state index in [9.17, 15) is 4.79 Å². The minimum Gasteiger partial charge on any atom is -0.299 e. The van der Waals surface area contributed by atoms with Gasteiger partial charge in [0.15, 0.2) is 0 Å². The van der Waals surface area contributed by atoms with Gasteiger partial charge in [0.1, 0.15) is 6.29 Å². The van der Waals surface area contributed by atoms with E-state index in [4.69, 9.17) is 0 Å². The van der Waals surface area contributed by atoms with Gasteiger partial charge in [0.2, 0.25) is 0 Å². The predicted octanol–water partition coefficient (Wildman–Crippen LogP) is 4.29. The smallest absolute Gasteiger partial charge is 0.142 e. The Morgan fingerprint density at radius 2 is 2.25 bits per heavy atom. The molecule has 0 bridgehead atoms. The van der Waals surface area contributed by atoms with E-state index >= 15 is 0 Å². The molecule has 1 saturated carbocycles. The van der Waals surface area contributed by atoms with Crippen LogP contribution in [0.3, 0.4) is 0 Å². The predicted molar refractivity (Wildman–Crippen MR) is 69.3 cm³/mol. The molecular weight excluding hydrogens is 196 g/mol. The van der Waals surface area contributed by atoms with Crippen molar-refractivity contribution in [3.05, 3.63) is 23.8 Å². The summed E-state index contributed by atoms with van der Waals surface area (Å²) in [6.07, 6.45) is 8.49. The Morgan fingerprint density at radius 1 is 1.56 bits per heavy atom. The molecule has 0 aromatic rings. The van der Waals surface area contributed by atoms with Crippen molar-refractivity contribution in [2.75, 3.05) is 0 Å². The Morgan fingerprint density at radius 3 is 2.81 bits per heavy atom. The van der Waals surface area contributed by atoms with Crippen molar-refractivity contribution < 1.29 is 4.79 Å². The van der Waals surface area contributed by atoms with Gasteiger partial charge in [-0.1, -0.05) is 31.6 Å². The van der Waals surface area contributed by atoms with Gasteiger partial charge in [-0.15, -0.1) is 0 Å². The van der Waals surface area contributed by atoms with Crippen LogP contribution in [0, 0.1) is 11.3 Å². The molecule has 0 amide bonds. The molecule has 0 spiro atoms. The van der Waals surface area contributed by atoms with Crippen LogP contribution in [0.1, 0.15) is 52.9 Å². The third kappa shape index (κ3) is 3.33. The summed E-state index contributed by atoms with van der Waals surface area (Å²) in [6, 6.07) is 0. The van der Waals surface area contributed by atoms with E-state index in [-0.39, 0.29) is 0 Å². The Bertz CT molecular complexity index is 297. The molecule has 0 aliphatic heterocycles. The first-order valence-electron chi connectivity index (χ1n) is 6.26. The molecule has 1 aliphatic rings. The fourth-order valence-corrected chi connectivity index (χ4v) is 2.84. The van der Waals surface area contributed by atoms with E-state index in [1.807, 2.05) is 6.92 Å². The van der Waals surface area contributed by atoms with Crippen LogP contribution in [-0.2, 0) is 4.79 Å². The van der Waals surface area contributed by atoms with Gasteiger partial charge in [-0.05, 0) is 56.4 Å². The minimum absolute atomic E-state index is 0.386. The molecule has 1 fully saturated rings. The van der Waals surface area contributed by atoms with Gasteiger partial charge in [-0.2, -0.15) is 0 Å². The van der Waals surface area contributed by atoms with Crippen LogP contribution in [0.15, 0.2) is 23.8 Å². The zero-order valence-corrected chi connectivity index (χ0v) is 10.9. The fourth-order valence-electron chi connectivity index (χ4n) is 2.84. The highest BCUT2D eigenvalue weighted by Crippen LogP contribution is 2.45. The van der Waals surface area contributed by atoms with E-state index < -0.39 is 0 Å². The molecule has 0 N–H and O–H groups in total. The quantitative estimate of drug-likeness (QED) is 0.392. The van der Waals surface area contributed by atoms with Crippen molar-refractivity contribution in [2.24, 2.45) is 11.3 Å². The van der Waals surface area contributed by atoms with Gasteiger partial charge in [-0.25, -0.2) is 0 Å². The highest BCUT2D eigenvalue weighted by Gasteiger charge is 2.33. The Labute approximate surface area is 99.6 Å². The lowest BCUT2D eigenvalue weighted by Crippen LogP contribution is -2.29. The van der Waals surface area contributed by atoms with Crippen molar-refractivity contribution in [2.45, 2.75) is 52.9 Å². The second kappa shape index (κ2) is 5.47. The summed E-state index contributed by atoms with van der Waals surface area (Å²) in [5, 5.41) is 0. The maximum Gasteiger partial charge on any atom is 0.142 e. The van der Waals surface area contributed by atoms with Crippen LogP contribution in [0.4, 0.5) is 0 Å². The van der Waals surface area contributed by atoms with Crippen LogP contribution in [0.25, 0.3) is 0 Å². The standard InChI is InChI=1S/C15H24O/c1-12(9-11-16)7-8-14-13(2)6-5-10-15(14,3)4/h9,11,14H,2,5-8,10H2,1,3-4H3/b12-9-. The molecule has 1 atom stereocenters. The summed E-state index contributed by atoms with van der Waals surface area (Å²) in [5.41, 5.74) is 2.98. The van der Waals surface area contributed by atoms with Crippen LogP contribution < -0.4 is 0 Å². The van der Waals surface area contributed by atoms with Gasteiger partial charge in [-0.3, -0.25) is 4.79 Å². The van der Waals surface area contributed by atoms with Gasteiger partial charge in [0.05, 0.1) is 0 Å². The number of allylic oxidation sites excluding steroid dienone is 3. The molecule has 0 aromatic carbocycles. The van der Waals surface area contributed by atoms with E-state index in [1.165, 1.54) is 30.4 Å². The number of carbonyl (C=O) groups excluding carboxylic acids is 1. The second-order valence-corrected chi connectivity index (χ2v) is 5.74. The number of rotatable bonds is 4. The number of hydrogen-bond acceptors (Lipinski definition) is 1. The second-order valence-electron chi connectivity index (χ2n) is 5.74. The summed E-state index contributed by atoms with van der Waals surface area (Å²) < 4.78 is 0. The van der Waals surface area contributed by atoms with Crippen LogP contribution in [0.5, 0.6) is 0 Å². The van der Waals surface area contributed by atoms with E-state index in [0.717, 1.165) is 19.1 Å². The van der Waals surface area contributed by atoms with Gasteiger partial charge in [0, 0.05) is 0 Å². The third-order valence-corrected chi connectivity index (χ3v) is 3.94. The molecule has 1 nitrogen and oxygen atoms in total. The van der Waals surface area contributed by atoms with Gasteiger partial charge >= 0.3 is 0 Å². The first-order chi connectivity index (χ1) is 7.47. The summed E-state index contributed by atoms with van der Waals surface area (Å²) in [5.74, 6) is 0.622. The topological polar surface area (TPSA) is 17.1 Å². The largest absolute Gasteiger partial charge is 0.299 e. The Kier molecular flexibility index (Phi) is 4.52. The molecule has 1 aliphatic carbocycles. The van der Waals surface area contributed by atoms with Crippen LogP contribution >= 0.6 is 0 Å². The molecule has 0 radical (unpaired) electrons. The lowest BCUT2D eigenvalue weighted by molar-refractivity contribution is -0.104. The normalized spacial score (nSPS) is 25.6. The Hall–Kier alpha value is -0.850. The molecular formula is C15H24O.